The molecule has 0 radical (unpaired) electrons. The molecule has 16 heteroatoms. The number of nitrogens with zero attached hydrogens (tertiary/aromatic N) is 1. The number of halogens is 6. The van der Waals surface area contributed by atoms with Crippen LogP contribution in [0.3, 0.4) is 0 Å². The number of ether oxygens (including phenoxy) is 2. The molecule has 1 heterocycles. The van der Waals surface area contributed by atoms with Crippen molar-refractivity contribution in [1.29, 1.82) is 0 Å². The largest absolute Gasteiger partial charge is 0.573 e. The van der Waals surface area contributed by atoms with Gasteiger partial charge in [0.1, 0.15) is 11.6 Å². The van der Waals surface area contributed by atoms with Crippen LogP contribution < -0.4 is 20.7 Å². The molecular formula is C25H26F6N4O6. The number of amides is 2. The number of carbonyl (C=O) groups is 4. The van der Waals surface area contributed by atoms with Crippen molar-refractivity contribution in [2.45, 2.75) is 51.2 Å². The van der Waals surface area contributed by atoms with Gasteiger partial charge in [-0.2, -0.15) is 13.2 Å². The molecule has 2 amide bonds. The van der Waals surface area contributed by atoms with Crippen LogP contribution in [0.2, 0.25) is 0 Å². The lowest BCUT2D eigenvalue weighted by molar-refractivity contribution is -0.274. The number of nitrogens with one attached hydrogen (secondary N) is 3. The molecule has 1 unspecified atom stereocenters. The van der Waals surface area contributed by atoms with Crippen LogP contribution in [-0.2, 0) is 23.9 Å². The van der Waals surface area contributed by atoms with E-state index in [1.807, 2.05) is 19.1 Å². The number of alkyl halides is 6. The van der Waals surface area contributed by atoms with E-state index < -0.39 is 61.0 Å². The molecule has 1 aromatic carbocycles. The molecule has 0 spiro atoms. The van der Waals surface area contributed by atoms with Crippen molar-refractivity contribution in [3.63, 3.8) is 0 Å². The molecule has 0 aliphatic heterocycles. The maximum atomic E-state index is 12.6. The van der Waals surface area contributed by atoms with E-state index in [2.05, 4.69) is 30.4 Å². The highest BCUT2D eigenvalue weighted by atomic mass is 19.4. The van der Waals surface area contributed by atoms with E-state index in [0.29, 0.717) is 25.2 Å². The van der Waals surface area contributed by atoms with E-state index in [-0.39, 0.29) is 12.0 Å². The van der Waals surface area contributed by atoms with Crippen molar-refractivity contribution >= 4 is 29.6 Å². The number of benzene rings is 1. The van der Waals surface area contributed by atoms with Gasteiger partial charge in [-0.25, -0.2) is 9.78 Å². The van der Waals surface area contributed by atoms with Crippen molar-refractivity contribution in [3.8, 4) is 5.75 Å². The van der Waals surface area contributed by atoms with Gasteiger partial charge in [-0.15, -0.1) is 13.2 Å². The SMILES string of the molecule is Cc1ccnc(NCCCCC(=O)NCC(=O)NC(CC(=O)OC(=O)C(F)(F)F)c2cccc(OC(F)(F)F)c2)c1. The Balaban J connectivity index is 1.92. The summed E-state index contributed by atoms with van der Waals surface area (Å²) in [7, 11) is 0. The smallest absolute Gasteiger partial charge is 0.406 e. The summed E-state index contributed by atoms with van der Waals surface area (Å²) in [4.78, 5) is 51.5. The zero-order valence-corrected chi connectivity index (χ0v) is 21.5. The fraction of sp³-hybridized carbons (Fsp3) is 0.400. The number of esters is 2. The van der Waals surface area contributed by atoms with Gasteiger partial charge in [-0.05, 0) is 55.2 Å². The molecule has 0 bridgehead atoms. The Morgan fingerprint density at radius 1 is 0.976 bits per heavy atom. The summed E-state index contributed by atoms with van der Waals surface area (Å²) < 4.78 is 82.5. The molecule has 41 heavy (non-hydrogen) atoms. The number of carbonyl (C=O) groups excluding carboxylic acids is 4. The predicted octanol–water partition coefficient (Wildman–Crippen LogP) is 3.87. The van der Waals surface area contributed by atoms with Crippen LogP contribution in [0, 0.1) is 6.92 Å². The summed E-state index contributed by atoms with van der Waals surface area (Å²) in [6.07, 6.45) is -8.84. The minimum absolute atomic E-state index is 0.0579. The number of unbranched alkanes of at least 4 members (excludes halogenated alkanes) is 1. The van der Waals surface area contributed by atoms with Gasteiger partial charge in [0.2, 0.25) is 11.8 Å². The van der Waals surface area contributed by atoms with Crippen molar-refractivity contribution in [1.82, 2.24) is 15.6 Å². The fourth-order valence-corrected chi connectivity index (χ4v) is 3.32. The average Bonchev–Trinajstić information content (AvgIpc) is 2.85. The molecule has 224 valence electrons. The third-order valence-corrected chi connectivity index (χ3v) is 5.14. The molecule has 0 saturated heterocycles. The Morgan fingerprint density at radius 3 is 2.37 bits per heavy atom. The second kappa shape index (κ2) is 14.9. The van der Waals surface area contributed by atoms with Gasteiger partial charge in [-0.3, -0.25) is 14.4 Å². The number of hydrogen-bond acceptors (Lipinski definition) is 8. The molecular weight excluding hydrogens is 566 g/mol. The molecule has 0 aliphatic rings. The summed E-state index contributed by atoms with van der Waals surface area (Å²) >= 11 is 0. The number of anilines is 1. The molecule has 1 atom stereocenters. The van der Waals surface area contributed by atoms with E-state index in [4.69, 9.17) is 0 Å². The third-order valence-electron chi connectivity index (χ3n) is 5.14. The molecule has 0 aliphatic carbocycles. The molecule has 0 saturated carbocycles. The summed E-state index contributed by atoms with van der Waals surface area (Å²) in [5.41, 5.74) is 0.842. The molecule has 0 fully saturated rings. The molecule has 2 rings (SSSR count). The zero-order chi connectivity index (χ0) is 30.6. The third kappa shape index (κ3) is 13.0. The van der Waals surface area contributed by atoms with Gasteiger partial charge in [0.15, 0.2) is 0 Å². The number of pyridine rings is 1. The van der Waals surface area contributed by atoms with Gasteiger partial charge < -0.3 is 25.4 Å². The Kier molecular flexibility index (Phi) is 11.9. The summed E-state index contributed by atoms with van der Waals surface area (Å²) in [5, 5.41) is 7.65. The van der Waals surface area contributed by atoms with Crippen LogP contribution in [0.1, 0.15) is 42.9 Å². The van der Waals surface area contributed by atoms with Crippen LogP contribution in [0.5, 0.6) is 5.75 Å². The maximum absolute atomic E-state index is 12.6. The minimum Gasteiger partial charge on any atom is -0.406 e. The van der Waals surface area contributed by atoms with Crippen molar-refractivity contribution in [2.24, 2.45) is 0 Å². The highest BCUT2D eigenvalue weighted by Gasteiger charge is 2.42. The van der Waals surface area contributed by atoms with Gasteiger partial charge in [0.05, 0.1) is 19.0 Å². The monoisotopic (exact) mass is 592 g/mol. The first-order chi connectivity index (χ1) is 19.1. The highest BCUT2D eigenvalue weighted by Crippen LogP contribution is 2.27. The van der Waals surface area contributed by atoms with Gasteiger partial charge in [0.25, 0.3) is 0 Å². The minimum atomic E-state index is -5.48. The van der Waals surface area contributed by atoms with Gasteiger partial charge in [0, 0.05) is 19.2 Å². The summed E-state index contributed by atoms with van der Waals surface area (Å²) in [5.74, 6) is -6.00. The lowest BCUT2D eigenvalue weighted by Gasteiger charge is -2.20. The first-order valence-electron chi connectivity index (χ1n) is 12.0. The molecule has 1 aromatic heterocycles. The Bertz CT molecular complexity index is 1220. The van der Waals surface area contributed by atoms with Crippen molar-refractivity contribution in [3.05, 3.63) is 53.7 Å². The van der Waals surface area contributed by atoms with E-state index in [0.717, 1.165) is 29.8 Å². The van der Waals surface area contributed by atoms with Crippen LogP contribution in [0.4, 0.5) is 32.2 Å². The molecule has 10 nitrogen and oxygen atoms in total. The van der Waals surface area contributed by atoms with Crippen molar-refractivity contribution < 1.29 is 55.0 Å². The van der Waals surface area contributed by atoms with Gasteiger partial charge >= 0.3 is 24.5 Å². The highest BCUT2D eigenvalue weighted by molar-refractivity contribution is 5.89. The lowest BCUT2D eigenvalue weighted by atomic mass is 10.0. The fourth-order valence-electron chi connectivity index (χ4n) is 3.32. The second-order valence-electron chi connectivity index (χ2n) is 8.58. The zero-order valence-electron chi connectivity index (χ0n) is 21.5. The van der Waals surface area contributed by atoms with E-state index in [1.54, 1.807) is 6.20 Å². The van der Waals surface area contributed by atoms with E-state index in [9.17, 15) is 45.5 Å². The standard InChI is InChI=1S/C25H26F6N4O6/c1-15-8-10-33-19(11-15)32-9-3-2-7-20(36)34-14-21(37)35-18(13-22(38)40-23(39)24(26,27)28)16-5-4-6-17(12-16)41-25(29,30)31/h4-6,8,10-12,18H,2-3,7,9,13-14H2,1H3,(H,32,33)(H,34,36)(H,35,37). The number of hydrogen-bond donors (Lipinski definition) is 3. The normalized spacial score (nSPS) is 12.2. The quantitative estimate of drug-likeness (QED) is 0.138. The summed E-state index contributed by atoms with van der Waals surface area (Å²) in [6.45, 7) is 1.83. The maximum Gasteiger partial charge on any atom is 0.573 e. The van der Waals surface area contributed by atoms with E-state index >= 15 is 0 Å². The number of rotatable bonds is 13. The number of aromatic nitrogens is 1. The van der Waals surface area contributed by atoms with E-state index in [1.165, 1.54) is 0 Å². The lowest BCUT2D eigenvalue weighted by Crippen LogP contribution is -2.39. The van der Waals surface area contributed by atoms with Crippen LogP contribution in [0.15, 0.2) is 42.6 Å². The average molecular weight is 592 g/mol. The predicted molar refractivity (Wildman–Crippen MR) is 130 cm³/mol. The molecule has 3 N–H and O–H groups in total. The van der Waals surface area contributed by atoms with Gasteiger partial charge in [-0.1, -0.05) is 12.1 Å². The first kappa shape index (κ1) is 32.8. The van der Waals surface area contributed by atoms with Crippen molar-refractivity contribution in [2.75, 3.05) is 18.4 Å². The summed E-state index contributed by atoms with van der Waals surface area (Å²) in [6, 6.07) is 6.09. The topological polar surface area (TPSA) is 136 Å². The van der Waals surface area contributed by atoms with Crippen LogP contribution >= 0.6 is 0 Å². The van der Waals surface area contributed by atoms with Crippen LogP contribution in [-0.4, -0.2) is 54.4 Å². The Morgan fingerprint density at radius 2 is 1.71 bits per heavy atom. The van der Waals surface area contributed by atoms with Crippen LogP contribution in [0.25, 0.3) is 0 Å². The Labute approximate surface area is 229 Å². The second-order valence-corrected chi connectivity index (χ2v) is 8.58. The Hall–Kier alpha value is -4.37. The molecule has 2 aromatic rings. The number of aryl methyl sites for hydroxylation is 1. The first-order valence-corrected chi connectivity index (χ1v) is 12.0.